The average molecular weight is 519 g/mol. The Morgan fingerprint density at radius 3 is 2.19 bits per heavy atom. The smallest absolute Gasteiger partial charge is 0.304 e. The van der Waals surface area contributed by atoms with E-state index in [-0.39, 0.29) is 24.2 Å². The minimum atomic E-state index is -4.08. The number of nitrogens with one attached hydrogen (secondary N) is 1. The Kier molecular flexibility index (Phi) is 9.44. The second-order valence-corrected chi connectivity index (χ2v) is 11.3. The third kappa shape index (κ3) is 6.82. The van der Waals surface area contributed by atoms with Gasteiger partial charge in [0.05, 0.1) is 5.69 Å². The molecule has 2 aromatic carbocycles. The van der Waals surface area contributed by atoms with E-state index in [1.54, 1.807) is 0 Å². The molecule has 0 bridgehead atoms. The second kappa shape index (κ2) is 12.3. The van der Waals surface area contributed by atoms with E-state index >= 15 is 0 Å². The summed E-state index contributed by atoms with van der Waals surface area (Å²) in [5.41, 5.74) is 0.975. The van der Waals surface area contributed by atoms with Crippen LogP contribution >= 0.6 is 0 Å². The van der Waals surface area contributed by atoms with Crippen LogP contribution in [0.25, 0.3) is 0 Å². The summed E-state index contributed by atoms with van der Waals surface area (Å²) in [6.07, 6.45) is 4.31. The third-order valence-corrected chi connectivity index (χ3v) is 8.24. The highest BCUT2D eigenvalue weighted by atomic mass is 32.2. The van der Waals surface area contributed by atoms with E-state index in [4.69, 9.17) is 0 Å². The summed E-state index contributed by atoms with van der Waals surface area (Å²) in [4.78, 5) is 28.5. The summed E-state index contributed by atoms with van der Waals surface area (Å²) >= 11 is 0. The molecule has 1 saturated carbocycles. The molecule has 0 aromatic heterocycles. The maximum atomic E-state index is 13.8. The van der Waals surface area contributed by atoms with Crippen molar-refractivity contribution in [2.24, 2.45) is 0 Å². The van der Waals surface area contributed by atoms with Crippen LogP contribution in [0.3, 0.4) is 0 Å². The van der Waals surface area contributed by atoms with Gasteiger partial charge in [0.1, 0.15) is 18.4 Å². The van der Waals surface area contributed by atoms with Gasteiger partial charge < -0.3 is 10.2 Å². The Hall–Kier alpha value is -2.98. The molecule has 0 unspecified atom stereocenters. The topological polar surface area (TPSA) is 90.0 Å². The molecule has 3 rings (SSSR count). The van der Waals surface area contributed by atoms with E-state index in [0.29, 0.717) is 6.42 Å². The predicted octanol–water partition coefficient (Wildman–Crippen LogP) is 3.30. The van der Waals surface area contributed by atoms with Gasteiger partial charge in [0.25, 0.3) is 0 Å². The molecule has 2 aromatic rings. The Morgan fingerprint density at radius 1 is 1.03 bits per heavy atom. The second-order valence-electron chi connectivity index (χ2n) is 9.19. The molecule has 1 atom stereocenters. The third-order valence-electron chi connectivity index (χ3n) is 6.42. The largest absolute Gasteiger partial charge is 0.352 e. The maximum absolute atomic E-state index is 13.8. The molecule has 1 aliphatic carbocycles. The first kappa shape index (κ1) is 27.6. The van der Waals surface area contributed by atoms with Crippen LogP contribution < -0.4 is 9.62 Å². The lowest BCUT2D eigenvalue weighted by Crippen LogP contribution is -2.54. The average Bonchev–Trinajstić information content (AvgIpc) is 3.36. The number of nitrogens with zero attached hydrogens (tertiary/aromatic N) is 3. The Morgan fingerprint density at radius 2 is 1.64 bits per heavy atom. The summed E-state index contributed by atoms with van der Waals surface area (Å²) in [6, 6.07) is 13.5. The zero-order valence-corrected chi connectivity index (χ0v) is 21.9. The van der Waals surface area contributed by atoms with Crippen LogP contribution in [0.4, 0.5) is 10.1 Å². The Balaban J connectivity index is 1.94. The number of benzene rings is 2. The van der Waals surface area contributed by atoms with Crippen molar-refractivity contribution in [1.82, 2.24) is 14.5 Å². The SMILES string of the molecule is CC[C@@H](C(=O)NC1CCCC1)N(Cc1ccccc1)C(=O)CN(c1ccc(F)cc1)S(=O)(=O)N(C)C. The number of hydrogen-bond donors (Lipinski definition) is 1. The summed E-state index contributed by atoms with van der Waals surface area (Å²) in [5.74, 6) is -1.29. The Labute approximate surface area is 213 Å². The van der Waals surface area contributed by atoms with Gasteiger partial charge >= 0.3 is 10.2 Å². The lowest BCUT2D eigenvalue weighted by atomic mass is 10.1. The first-order valence-electron chi connectivity index (χ1n) is 12.2. The molecule has 2 amide bonds. The lowest BCUT2D eigenvalue weighted by Gasteiger charge is -2.34. The first-order chi connectivity index (χ1) is 17.1. The minimum Gasteiger partial charge on any atom is -0.352 e. The first-order valence-corrected chi connectivity index (χ1v) is 13.6. The van der Waals surface area contributed by atoms with E-state index in [9.17, 15) is 22.4 Å². The lowest BCUT2D eigenvalue weighted by molar-refractivity contribution is -0.140. The van der Waals surface area contributed by atoms with E-state index in [0.717, 1.165) is 52.0 Å². The highest BCUT2D eigenvalue weighted by molar-refractivity contribution is 7.90. The normalized spacial score (nSPS) is 15.0. The maximum Gasteiger partial charge on any atom is 0.304 e. The molecule has 196 valence electrons. The van der Waals surface area contributed by atoms with Gasteiger partial charge in [-0.3, -0.25) is 9.59 Å². The summed E-state index contributed by atoms with van der Waals surface area (Å²) < 4.78 is 41.8. The molecular weight excluding hydrogens is 483 g/mol. The monoisotopic (exact) mass is 518 g/mol. The summed E-state index contributed by atoms with van der Waals surface area (Å²) in [6.45, 7) is 1.44. The molecule has 0 heterocycles. The number of rotatable bonds is 11. The molecule has 1 N–H and O–H groups in total. The minimum absolute atomic E-state index is 0.0880. The molecule has 0 aliphatic heterocycles. The van der Waals surface area contributed by atoms with Crippen LogP contribution in [-0.4, -0.2) is 62.2 Å². The summed E-state index contributed by atoms with van der Waals surface area (Å²) in [7, 11) is -1.36. The molecule has 8 nitrogen and oxygen atoms in total. The molecule has 1 fully saturated rings. The van der Waals surface area contributed by atoms with Gasteiger partial charge in [-0.25, -0.2) is 8.70 Å². The van der Waals surface area contributed by atoms with E-state index in [1.165, 1.54) is 31.1 Å². The van der Waals surface area contributed by atoms with Crippen LogP contribution in [0.2, 0.25) is 0 Å². The van der Waals surface area contributed by atoms with Crippen molar-refractivity contribution < 1.29 is 22.4 Å². The van der Waals surface area contributed by atoms with Gasteiger partial charge in [0.2, 0.25) is 11.8 Å². The van der Waals surface area contributed by atoms with Crippen molar-refractivity contribution >= 4 is 27.7 Å². The highest BCUT2D eigenvalue weighted by Crippen LogP contribution is 2.22. The van der Waals surface area contributed by atoms with Crippen molar-refractivity contribution in [3.05, 3.63) is 66.0 Å². The summed E-state index contributed by atoms with van der Waals surface area (Å²) in [5, 5.41) is 3.08. The molecule has 0 radical (unpaired) electrons. The molecular formula is C26H35FN4O4S. The molecule has 36 heavy (non-hydrogen) atoms. The number of anilines is 1. The molecule has 0 saturated heterocycles. The zero-order chi connectivity index (χ0) is 26.3. The van der Waals surface area contributed by atoms with Crippen molar-refractivity contribution in [1.29, 1.82) is 0 Å². The Bertz CT molecular complexity index is 1120. The standard InChI is InChI=1S/C26H35FN4O4S/c1-4-24(26(33)28-22-12-8-9-13-22)30(18-20-10-6-5-7-11-20)25(32)19-31(36(34,35)29(2)3)23-16-14-21(27)15-17-23/h5-7,10-11,14-17,22,24H,4,8-9,12-13,18-19H2,1-3H3,(H,28,33)/t24-/m0/s1. The van der Waals surface area contributed by atoms with Gasteiger partial charge in [-0.05, 0) is 49.1 Å². The quantitative estimate of drug-likeness (QED) is 0.494. The number of carbonyl (C=O) groups excluding carboxylic acids is 2. The number of amides is 2. The fraction of sp³-hybridized carbons (Fsp3) is 0.462. The van der Waals surface area contributed by atoms with Crippen LogP contribution in [0.15, 0.2) is 54.6 Å². The van der Waals surface area contributed by atoms with Crippen molar-refractivity contribution in [2.45, 2.75) is 57.7 Å². The van der Waals surface area contributed by atoms with Crippen molar-refractivity contribution in [3.63, 3.8) is 0 Å². The van der Waals surface area contributed by atoms with E-state index in [2.05, 4.69) is 5.32 Å². The molecule has 0 spiro atoms. The van der Waals surface area contributed by atoms with Crippen LogP contribution in [0.5, 0.6) is 0 Å². The number of carbonyl (C=O) groups is 2. The van der Waals surface area contributed by atoms with Gasteiger partial charge in [-0.15, -0.1) is 0 Å². The van der Waals surface area contributed by atoms with Crippen molar-refractivity contribution in [3.8, 4) is 0 Å². The molecule has 1 aliphatic rings. The highest BCUT2D eigenvalue weighted by Gasteiger charge is 2.34. The van der Waals surface area contributed by atoms with Gasteiger partial charge in [0.15, 0.2) is 0 Å². The van der Waals surface area contributed by atoms with Crippen molar-refractivity contribution in [2.75, 3.05) is 24.9 Å². The van der Waals surface area contributed by atoms with Crippen LogP contribution in [-0.2, 0) is 26.3 Å². The van der Waals surface area contributed by atoms with E-state index < -0.39 is 34.5 Å². The van der Waals surface area contributed by atoms with Crippen LogP contribution in [0.1, 0.15) is 44.6 Å². The van der Waals surface area contributed by atoms with Gasteiger partial charge in [0, 0.05) is 26.7 Å². The molecule has 10 heteroatoms. The van der Waals surface area contributed by atoms with Gasteiger partial charge in [-0.2, -0.15) is 12.7 Å². The number of hydrogen-bond acceptors (Lipinski definition) is 4. The fourth-order valence-electron chi connectivity index (χ4n) is 4.39. The number of halogens is 1. The van der Waals surface area contributed by atoms with E-state index in [1.807, 2.05) is 37.3 Å². The van der Waals surface area contributed by atoms with Gasteiger partial charge in [-0.1, -0.05) is 50.1 Å². The van der Waals surface area contributed by atoms with Crippen LogP contribution in [0, 0.1) is 5.82 Å². The zero-order valence-electron chi connectivity index (χ0n) is 21.1. The predicted molar refractivity (Wildman–Crippen MR) is 138 cm³/mol. The fourth-order valence-corrected chi connectivity index (χ4v) is 5.45.